The van der Waals surface area contributed by atoms with Gasteiger partial charge in [0.15, 0.2) is 0 Å². The summed E-state index contributed by atoms with van der Waals surface area (Å²) in [6.07, 6.45) is 2.80. The van der Waals surface area contributed by atoms with E-state index in [2.05, 4.69) is 61.8 Å². The molecule has 11 N–H and O–H groups in total. The number of rotatable bonds is 22. The molecular weight excluding hydrogens is 903 g/mol. The van der Waals surface area contributed by atoms with Crippen LogP contribution in [0, 0.1) is 0 Å². The van der Waals surface area contributed by atoms with Crippen LogP contribution in [0.1, 0.15) is 36.0 Å². The van der Waals surface area contributed by atoms with E-state index in [4.69, 9.17) is 5.73 Å². The maximum Gasteiger partial charge on any atom is 0.326 e. The number of amides is 6. The number of carbonyl (C=O) groups is 8. The Hall–Kier alpha value is -6.84. The summed E-state index contributed by atoms with van der Waals surface area (Å²) in [4.78, 5) is 115. The zero-order chi connectivity index (χ0) is 48.2. The number of carboxylic acids is 2. The van der Waals surface area contributed by atoms with Crippen LogP contribution in [0.3, 0.4) is 0 Å². The molecule has 0 spiro atoms. The minimum absolute atomic E-state index is 0.0432. The fourth-order valence-corrected chi connectivity index (χ4v) is 8.45. The van der Waals surface area contributed by atoms with E-state index in [1.807, 2.05) is 36.4 Å². The third-order valence-corrected chi connectivity index (χ3v) is 12.3. The molecule has 0 unspecified atom stereocenters. The van der Waals surface area contributed by atoms with Crippen LogP contribution < -0.4 is 32.3 Å². The first kappa shape index (κ1) is 49.6. The maximum atomic E-state index is 14.3. The SMILES string of the molecule is N[C@@H](CS)C(=O)N1CCC[C@H]1C(=O)N[C@@H](Cc1c[nH]c2ccccc12)C(=O)N[C@@H](CC(=O)O)C(=O)N[C@@H](Cc1ccccc1)C(=O)N[C@@H](CS)C(=O)N[C@@H](Cc1c[nH]c2ccccc12)C(=O)O. The molecule has 21 heteroatoms. The van der Waals surface area contributed by atoms with Crippen molar-refractivity contribution in [2.24, 2.45) is 5.73 Å². The summed E-state index contributed by atoms with van der Waals surface area (Å²) < 4.78 is 0. The van der Waals surface area contributed by atoms with Gasteiger partial charge in [-0.2, -0.15) is 25.3 Å². The number of nitrogens with two attached hydrogens (primary N) is 1. The number of aromatic amines is 2. The van der Waals surface area contributed by atoms with Crippen molar-refractivity contribution in [2.75, 3.05) is 18.1 Å². The van der Waals surface area contributed by atoms with Crippen molar-refractivity contribution in [1.82, 2.24) is 41.5 Å². The highest BCUT2D eigenvalue weighted by molar-refractivity contribution is 7.80. The van der Waals surface area contributed by atoms with Crippen LogP contribution >= 0.6 is 25.3 Å². The number of nitrogens with zero attached hydrogens (tertiary/aromatic N) is 1. The van der Waals surface area contributed by atoms with Crippen LogP contribution in [0.2, 0.25) is 0 Å². The van der Waals surface area contributed by atoms with E-state index in [9.17, 15) is 48.6 Å². The molecule has 67 heavy (non-hydrogen) atoms. The first-order valence-electron chi connectivity index (χ1n) is 21.6. The van der Waals surface area contributed by atoms with Crippen molar-refractivity contribution in [1.29, 1.82) is 0 Å². The minimum atomic E-state index is -1.79. The van der Waals surface area contributed by atoms with E-state index in [0.29, 0.717) is 23.1 Å². The lowest BCUT2D eigenvalue weighted by molar-refractivity contribution is -0.142. The molecule has 3 aromatic carbocycles. The van der Waals surface area contributed by atoms with E-state index >= 15 is 0 Å². The van der Waals surface area contributed by atoms with Gasteiger partial charge in [-0.1, -0.05) is 66.7 Å². The molecule has 0 saturated carbocycles. The lowest BCUT2D eigenvalue weighted by atomic mass is 10.0. The highest BCUT2D eigenvalue weighted by atomic mass is 32.1. The molecular formula is C46H53N9O10S2. The number of nitrogens with one attached hydrogen (secondary N) is 7. The smallest absolute Gasteiger partial charge is 0.326 e. The number of hydrogen-bond acceptors (Lipinski definition) is 11. The van der Waals surface area contributed by atoms with Crippen LogP contribution in [0.4, 0.5) is 0 Å². The predicted octanol–water partition coefficient (Wildman–Crippen LogP) is 0.838. The van der Waals surface area contributed by atoms with Crippen LogP contribution in [0.25, 0.3) is 21.8 Å². The van der Waals surface area contributed by atoms with Gasteiger partial charge in [-0.3, -0.25) is 33.6 Å². The summed E-state index contributed by atoms with van der Waals surface area (Å²) in [5, 5.41) is 34.3. The van der Waals surface area contributed by atoms with Crippen molar-refractivity contribution in [3.8, 4) is 0 Å². The highest BCUT2D eigenvalue weighted by Crippen LogP contribution is 2.23. The van der Waals surface area contributed by atoms with Crippen molar-refractivity contribution in [3.05, 3.63) is 108 Å². The average molecular weight is 956 g/mol. The van der Waals surface area contributed by atoms with E-state index in [-0.39, 0.29) is 43.7 Å². The Kier molecular flexibility index (Phi) is 17.1. The van der Waals surface area contributed by atoms with Crippen molar-refractivity contribution in [3.63, 3.8) is 0 Å². The van der Waals surface area contributed by atoms with Gasteiger partial charge in [0.1, 0.15) is 36.3 Å². The highest BCUT2D eigenvalue weighted by Gasteiger charge is 2.39. The van der Waals surface area contributed by atoms with Gasteiger partial charge in [-0.15, -0.1) is 0 Å². The van der Waals surface area contributed by atoms with Gasteiger partial charge in [-0.25, -0.2) is 4.79 Å². The van der Waals surface area contributed by atoms with E-state index in [1.54, 1.807) is 54.9 Å². The first-order valence-corrected chi connectivity index (χ1v) is 22.8. The Morgan fingerprint density at radius 2 is 1.12 bits per heavy atom. The lowest BCUT2D eigenvalue weighted by Crippen LogP contribution is -2.60. The van der Waals surface area contributed by atoms with Crippen molar-refractivity contribution >= 4 is 94.4 Å². The molecule has 19 nitrogen and oxygen atoms in total. The minimum Gasteiger partial charge on any atom is -0.481 e. The number of para-hydroxylation sites is 2. The summed E-state index contributed by atoms with van der Waals surface area (Å²) in [5.41, 5.74) is 9.29. The number of carboxylic acid groups (broad SMARTS) is 2. The van der Waals surface area contributed by atoms with Gasteiger partial charge in [0.2, 0.25) is 35.4 Å². The fraction of sp³-hybridized carbons (Fsp3) is 0.348. The third-order valence-electron chi connectivity index (χ3n) is 11.5. The molecule has 354 valence electrons. The van der Waals surface area contributed by atoms with Crippen LogP contribution in [0.15, 0.2) is 91.3 Å². The Bertz CT molecular complexity index is 2610. The summed E-state index contributed by atoms with van der Waals surface area (Å²) in [5.74, 6) is -7.95. The quantitative estimate of drug-likeness (QED) is 0.0432. The van der Waals surface area contributed by atoms with E-state index in [0.717, 1.165) is 21.8 Å². The van der Waals surface area contributed by atoms with Crippen molar-refractivity contribution < 1.29 is 48.6 Å². The zero-order valence-corrected chi connectivity index (χ0v) is 37.9. The number of hydrogen-bond donors (Lipinski definition) is 12. The Morgan fingerprint density at radius 1 is 0.627 bits per heavy atom. The molecule has 6 amide bonds. The largest absolute Gasteiger partial charge is 0.481 e. The number of benzene rings is 3. The number of H-pyrrole nitrogens is 2. The van der Waals surface area contributed by atoms with Gasteiger partial charge in [0, 0.05) is 71.5 Å². The molecule has 1 aliphatic rings. The van der Waals surface area contributed by atoms with E-state index < -0.39 is 96.1 Å². The topological polar surface area (TPSA) is 298 Å². The number of aliphatic carboxylic acids is 2. The predicted molar refractivity (Wildman–Crippen MR) is 254 cm³/mol. The molecule has 3 heterocycles. The van der Waals surface area contributed by atoms with Gasteiger partial charge in [-0.05, 0) is 41.7 Å². The zero-order valence-electron chi connectivity index (χ0n) is 36.1. The van der Waals surface area contributed by atoms with E-state index in [1.165, 1.54) is 4.90 Å². The Labute approximate surface area is 395 Å². The summed E-state index contributed by atoms with van der Waals surface area (Å²) >= 11 is 8.37. The molecule has 6 rings (SSSR count). The van der Waals surface area contributed by atoms with Gasteiger partial charge < -0.3 is 57.4 Å². The van der Waals surface area contributed by atoms with Crippen molar-refractivity contribution in [2.45, 2.75) is 80.8 Å². The van der Waals surface area contributed by atoms with Gasteiger partial charge >= 0.3 is 11.9 Å². The number of aromatic nitrogens is 2. The molecule has 7 atom stereocenters. The van der Waals surface area contributed by atoms with Crippen LogP contribution in [-0.4, -0.2) is 133 Å². The summed E-state index contributed by atoms with van der Waals surface area (Å²) in [6, 6.07) is 13.6. The number of carbonyl (C=O) groups excluding carboxylic acids is 6. The molecule has 0 aliphatic carbocycles. The molecule has 1 aliphatic heterocycles. The van der Waals surface area contributed by atoms with Crippen LogP contribution in [-0.2, 0) is 57.6 Å². The number of fused-ring (bicyclic) bond motifs is 2. The number of likely N-dealkylation sites (tertiary alicyclic amines) is 1. The Morgan fingerprint density at radius 3 is 1.69 bits per heavy atom. The van der Waals surface area contributed by atoms with Crippen LogP contribution in [0.5, 0.6) is 0 Å². The van der Waals surface area contributed by atoms with Gasteiger partial charge in [0.25, 0.3) is 0 Å². The molecule has 1 saturated heterocycles. The molecule has 0 radical (unpaired) electrons. The molecule has 0 bridgehead atoms. The third kappa shape index (κ3) is 12.7. The monoisotopic (exact) mass is 955 g/mol. The molecule has 2 aromatic heterocycles. The standard InChI is InChI=1S/C46H53N9O10S2/c47-30(23-66)45(63)55-16-8-15-38(55)44(62)52-34(18-26-21-48-31-13-6-4-11-28(26)31)41(59)51-35(20-39(56)57)42(60)50-33(17-25-9-2-1-3-10-25)40(58)54-37(24-67)43(61)53-36(46(64)65)19-27-22-49-32-14-7-5-12-29(27)32/h1-7,9-14,21-22,30,33-38,48-49,66-67H,8,15-20,23-24,47H2,(H,50,60)(H,51,59)(H,52,62)(H,53,61)(H,54,58)(H,56,57)(H,64,65)/t30-,33-,34-,35-,36-,37-,38-/m0/s1. The number of thiol groups is 2. The summed E-state index contributed by atoms with van der Waals surface area (Å²) in [7, 11) is 0. The second kappa shape index (κ2) is 23.1. The average Bonchev–Trinajstić information content (AvgIpc) is 4.09. The second-order valence-electron chi connectivity index (χ2n) is 16.2. The normalized spacial score (nSPS) is 16.2. The molecule has 1 fully saturated rings. The van der Waals surface area contributed by atoms with Gasteiger partial charge in [0.05, 0.1) is 12.5 Å². The summed E-state index contributed by atoms with van der Waals surface area (Å²) in [6.45, 7) is 0.254. The molecule has 5 aromatic rings. The fourth-order valence-electron chi connectivity index (χ4n) is 8.04. The second-order valence-corrected chi connectivity index (χ2v) is 17.0. The maximum absolute atomic E-state index is 14.3. The Balaban J connectivity index is 1.20. The first-order chi connectivity index (χ1) is 32.2. The lowest BCUT2D eigenvalue weighted by Gasteiger charge is -2.29.